The fourth-order valence-corrected chi connectivity index (χ4v) is 4.20. The maximum Gasteiger partial charge on any atom is 0.263 e. The fourth-order valence-electron chi connectivity index (χ4n) is 4.20. The summed E-state index contributed by atoms with van der Waals surface area (Å²) < 4.78 is 7.21. The van der Waals surface area contributed by atoms with Crippen LogP contribution in [0.25, 0.3) is 5.95 Å². The van der Waals surface area contributed by atoms with Crippen LogP contribution in [0, 0.1) is 0 Å². The summed E-state index contributed by atoms with van der Waals surface area (Å²) in [5.41, 5.74) is 3.59. The summed E-state index contributed by atoms with van der Waals surface area (Å²) in [6, 6.07) is 9.63. The Hall–Kier alpha value is -3.42. The van der Waals surface area contributed by atoms with Gasteiger partial charge < -0.3 is 10.1 Å². The van der Waals surface area contributed by atoms with E-state index in [9.17, 15) is 9.59 Å². The van der Waals surface area contributed by atoms with Gasteiger partial charge in [0.05, 0.1) is 11.4 Å². The molecule has 5 rings (SSSR count). The molecule has 0 atom stereocenters. The highest BCUT2D eigenvalue weighted by Crippen LogP contribution is 2.40. The van der Waals surface area contributed by atoms with Crippen LogP contribution in [0.3, 0.4) is 0 Å². The van der Waals surface area contributed by atoms with Gasteiger partial charge in [-0.05, 0) is 62.1 Å². The number of hydrogen-bond donors (Lipinski definition) is 2. The molecule has 0 unspecified atom stereocenters. The Balaban J connectivity index is 1.34. The number of benzene rings is 1. The van der Waals surface area contributed by atoms with Crippen LogP contribution in [0.1, 0.15) is 73.9 Å². The quantitative estimate of drug-likeness (QED) is 0.573. The van der Waals surface area contributed by atoms with Gasteiger partial charge in [0.15, 0.2) is 6.61 Å². The van der Waals surface area contributed by atoms with Crippen LogP contribution in [0.2, 0.25) is 0 Å². The van der Waals surface area contributed by atoms with Crippen molar-refractivity contribution in [1.29, 1.82) is 0 Å². The Kier molecular flexibility index (Phi) is 5.74. The van der Waals surface area contributed by atoms with Gasteiger partial charge in [-0.25, -0.2) is 4.98 Å². The Morgan fingerprint density at radius 1 is 1.21 bits per heavy atom. The van der Waals surface area contributed by atoms with E-state index in [2.05, 4.69) is 34.2 Å². The van der Waals surface area contributed by atoms with E-state index in [1.807, 2.05) is 30.3 Å². The maximum atomic E-state index is 12.7. The Morgan fingerprint density at radius 3 is 2.70 bits per heavy atom. The first-order valence-corrected chi connectivity index (χ1v) is 11.7. The van der Waals surface area contributed by atoms with E-state index in [1.54, 1.807) is 4.68 Å². The number of aromatic nitrogens is 4. The van der Waals surface area contributed by atoms with Crippen molar-refractivity contribution in [1.82, 2.24) is 19.7 Å². The maximum absolute atomic E-state index is 12.7. The Morgan fingerprint density at radius 2 is 1.97 bits per heavy atom. The second kappa shape index (κ2) is 8.84. The average Bonchev–Trinajstić information content (AvgIpc) is 3.58. The summed E-state index contributed by atoms with van der Waals surface area (Å²) in [6.45, 7) is 4.14. The van der Waals surface area contributed by atoms with Crippen LogP contribution < -0.4 is 15.6 Å². The summed E-state index contributed by atoms with van der Waals surface area (Å²) in [7, 11) is 0. The summed E-state index contributed by atoms with van der Waals surface area (Å²) in [4.78, 5) is 32.8. The first kappa shape index (κ1) is 21.4. The predicted octanol–water partition coefficient (Wildman–Crippen LogP) is 3.85. The summed E-state index contributed by atoms with van der Waals surface area (Å²) in [5.74, 6) is 2.00. The van der Waals surface area contributed by atoms with Crippen molar-refractivity contribution in [3.05, 3.63) is 63.2 Å². The van der Waals surface area contributed by atoms with Gasteiger partial charge in [-0.3, -0.25) is 14.6 Å². The minimum absolute atomic E-state index is 0.122. The number of fused-ring (bicyclic) bond motifs is 1. The van der Waals surface area contributed by atoms with Gasteiger partial charge in [0.25, 0.3) is 11.5 Å². The molecule has 1 amide bonds. The number of aryl methyl sites for hydroxylation is 1. The highest BCUT2D eigenvalue weighted by atomic mass is 16.5. The van der Waals surface area contributed by atoms with Gasteiger partial charge in [-0.1, -0.05) is 26.0 Å². The fraction of sp³-hybridized carbons (Fsp3) is 0.440. The lowest BCUT2D eigenvalue weighted by Crippen LogP contribution is -2.26. The molecule has 0 bridgehead atoms. The van der Waals surface area contributed by atoms with Crippen LogP contribution in [-0.4, -0.2) is 32.3 Å². The van der Waals surface area contributed by atoms with Crippen LogP contribution in [0.15, 0.2) is 35.1 Å². The third kappa shape index (κ3) is 4.69. The van der Waals surface area contributed by atoms with Crippen molar-refractivity contribution in [2.75, 3.05) is 11.9 Å². The molecule has 0 aliphatic heterocycles. The number of aromatic amines is 1. The third-order valence-electron chi connectivity index (χ3n) is 6.29. The number of nitrogens with zero attached hydrogens (tertiary/aromatic N) is 3. The second-order valence-corrected chi connectivity index (χ2v) is 9.22. The summed E-state index contributed by atoms with van der Waals surface area (Å²) in [5, 5.41) is 7.54. The van der Waals surface area contributed by atoms with Gasteiger partial charge >= 0.3 is 0 Å². The molecule has 2 aliphatic carbocycles. The Bertz CT molecular complexity index is 1220. The average molecular weight is 448 g/mol. The van der Waals surface area contributed by atoms with E-state index in [-0.39, 0.29) is 18.1 Å². The number of hydrogen-bond acceptors (Lipinski definition) is 5. The summed E-state index contributed by atoms with van der Waals surface area (Å²) in [6.07, 6.45) is 5.72. The van der Waals surface area contributed by atoms with E-state index >= 15 is 0 Å². The van der Waals surface area contributed by atoms with E-state index in [0.29, 0.717) is 29.4 Å². The zero-order valence-corrected chi connectivity index (χ0v) is 19.1. The van der Waals surface area contributed by atoms with Crippen molar-refractivity contribution >= 4 is 11.7 Å². The standard InChI is InChI=1S/C25H29N5O3/c1-15(2)16-9-11-18(12-10-16)33-14-23(31)27-22-13-21(17-7-8-17)29-30(22)25-26-20-6-4-3-5-19(20)24(32)28-25/h9-13,15,17H,3-8,14H2,1-2H3,(H,27,31)(H,26,28,32). The van der Waals surface area contributed by atoms with Gasteiger partial charge in [-0.15, -0.1) is 0 Å². The molecule has 0 radical (unpaired) electrons. The number of H-pyrrole nitrogens is 1. The number of amides is 1. The largest absolute Gasteiger partial charge is 0.484 e. The van der Waals surface area contributed by atoms with Crippen LogP contribution in [0.4, 0.5) is 5.82 Å². The molecular formula is C25H29N5O3. The van der Waals surface area contributed by atoms with Gasteiger partial charge in [0.1, 0.15) is 11.6 Å². The third-order valence-corrected chi connectivity index (χ3v) is 6.29. The lowest BCUT2D eigenvalue weighted by molar-refractivity contribution is -0.118. The number of anilines is 1. The number of carbonyl (C=O) groups excluding carboxylic acids is 1. The molecule has 1 fully saturated rings. The molecular weight excluding hydrogens is 418 g/mol. The molecule has 0 spiro atoms. The molecule has 2 aliphatic rings. The molecule has 1 aromatic carbocycles. The van der Waals surface area contributed by atoms with Crippen molar-refractivity contribution in [2.24, 2.45) is 0 Å². The zero-order valence-electron chi connectivity index (χ0n) is 19.1. The lowest BCUT2D eigenvalue weighted by Gasteiger charge is -2.15. The predicted molar refractivity (Wildman–Crippen MR) is 125 cm³/mol. The molecule has 1 saturated carbocycles. The SMILES string of the molecule is CC(C)c1ccc(OCC(=O)Nc2cc(C3CC3)nn2-c2nc3c(c(=O)[nH]2)CCCC3)cc1. The van der Waals surface area contributed by atoms with Crippen molar-refractivity contribution in [3.8, 4) is 11.7 Å². The lowest BCUT2D eigenvalue weighted by atomic mass is 9.97. The monoisotopic (exact) mass is 447 g/mol. The van der Waals surface area contributed by atoms with Gasteiger partial charge in [0, 0.05) is 17.5 Å². The van der Waals surface area contributed by atoms with Crippen molar-refractivity contribution in [2.45, 2.75) is 64.2 Å². The second-order valence-electron chi connectivity index (χ2n) is 9.22. The molecule has 8 nitrogen and oxygen atoms in total. The van der Waals surface area contributed by atoms with E-state index in [0.717, 1.165) is 55.5 Å². The number of nitrogens with one attached hydrogen (secondary N) is 2. The van der Waals surface area contributed by atoms with Crippen LogP contribution in [-0.2, 0) is 17.6 Å². The number of carbonyl (C=O) groups is 1. The molecule has 2 heterocycles. The van der Waals surface area contributed by atoms with Crippen LogP contribution >= 0.6 is 0 Å². The minimum Gasteiger partial charge on any atom is -0.484 e. The summed E-state index contributed by atoms with van der Waals surface area (Å²) >= 11 is 0. The number of ether oxygens (including phenoxy) is 1. The smallest absolute Gasteiger partial charge is 0.263 e. The van der Waals surface area contributed by atoms with E-state index < -0.39 is 0 Å². The van der Waals surface area contributed by atoms with E-state index in [1.165, 1.54) is 5.56 Å². The first-order valence-electron chi connectivity index (χ1n) is 11.7. The number of rotatable bonds is 7. The molecule has 33 heavy (non-hydrogen) atoms. The molecule has 2 aromatic heterocycles. The molecule has 8 heteroatoms. The van der Waals surface area contributed by atoms with Gasteiger partial charge in [0.2, 0.25) is 5.95 Å². The topological polar surface area (TPSA) is 102 Å². The highest BCUT2D eigenvalue weighted by Gasteiger charge is 2.29. The van der Waals surface area contributed by atoms with E-state index in [4.69, 9.17) is 4.74 Å². The molecule has 0 saturated heterocycles. The highest BCUT2D eigenvalue weighted by molar-refractivity contribution is 5.91. The van der Waals surface area contributed by atoms with Gasteiger partial charge in [-0.2, -0.15) is 9.78 Å². The zero-order chi connectivity index (χ0) is 22.9. The molecule has 172 valence electrons. The normalized spacial score (nSPS) is 15.4. The van der Waals surface area contributed by atoms with Crippen LogP contribution in [0.5, 0.6) is 5.75 Å². The Labute approximate surface area is 192 Å². The first-order chi connectivity index (χ1) is 16.0. The molecule has 2 N–H and O–H groups in total. The molecule has 3 aromatic rings. The minimum atomic E-state index is -0.299. The van der Waals surface area contributed by atoms with Crippen molar-refractivity contribution in [3.63, 3.8) is 0 Å². The van der Waals surface area contributed by atoms with Crippen molar-refractivity contribution < 1.29 is 9.53 Å².